The van der Waals surface area contributed by atoms with E-state index in [1.165, 1.54) is 12.8 Å². The minimum absolute atomic E-state index is 0.472. The van der Waals surface area contributed by atoms with Crippen molar-refractivity contribution in [3.8, 4) is 6.07 Å². The zero-order valence-corrected chi connectivity index (χ0v) is 13.7. The molecule has 120 valence electrons. The number of nitrogens with zero attached hydrogens (tertiary/aromatic N) is 3. The van der Waals surface area contributed by atoms with Crippen LogP contribution < -0.4 is 0 Å². The van der Waals surface area contributed by atoms with Crippen molar-refractivity contribution in [2.24, 2.45) is 5.92 Å². The Morgan fingerprint density at radius 3 is 2.77 bits per heavy atom. The van der Waals surface area contributed by atoms with Gasteiger partial charge in [-0.3, -0.25) is 0 Å². The van der Waals surface area contributed by atoms with Gasteiger partial charge < -0.3 is 14.9 Å². The van der Waals surface area contributed by atoms with E-state index in [1.807, 2.05) is 12.1 Å². The van der Waals surface area contributed by atoms with E-state index in [0.29, 0.717) is 18.0 Å². The van der Waals surface area contributed by atoms with E-state index in [2.05, 4.69) is 29.8 Å². The first kappa shape index (κ1) is 17.0. The molecule has 1 N–H and O–H groups in total. The molecule has 2 rings (SSSR count). The maximum atomic E-state index is 10.4. The van der Waals surface area contributed by atoms with Gasteiger partial charge in [-0.1, -0.05) is 19.1 Å². The first-order chi connectivity index (χ1) is 10.6. The molecule has 0 aliphatic carbocycles. The summed E-state index contributed by atoms with van der Waals surface area (Å²) in [7, 11) is 2.19. The molecule has 0 saturated carbocycles. The Balaban J connectivity index is 1.80. The van der Waals surface area contributed by atoms with Crippen LogP contribution in [-0.2, 0) is 0 Å². The highest BCUT2D eigenvalue weighted by Crippen LogP contribution is 2.21. The SMILES string of the molecule is CCCN(C)CC1CCN(CC(O)c2ccc(C#N)cc2)C1. The summed E-state index contributed by atoms with van der Waals surface area (Å²) in [5.74, 6) is 0.713. The van der Waals surface area contributed by atoms with E-state index < -0.39 is 6.10 Å². The number of benzene rings is 1. The summed E-state index contributed by atoms with van der Waals surface area (Å²) >= 11 is 0. The predicted molar refractivity (Wildman–Crippen MR) is 88.5 cm³/mol. The van der Waals surface area contributed by atoms with E-state index in [9.17, 15) is 5.11 Å². The Bertz CT molecular complexity index is 494. The lowest BCUT2D eigenvalue weighted by molar-refractivity contribution is 0.123. The second kappa shape index (κ2) is 8.28. The molecule has 2 unspecified atom stereocenters. The highest BCUT2D eigenvalue weighted by Gasteiger charge is 2.25. The van der Waals surface area contributed by atoms with Gasteiger partial charge >= 0.3 is 0 Å². The molecular formula is C18H27N3O. The summed E-state index contributed by atoms with van der Waals surface area (Å²) < 4.78 is 0. The van der Waals surface area contributed by atoms with Gasteiger partial charge in [-0.15, -0.1) is 0 Å². The molecule has 2 atom stereocenters. The van der Waals surface area contributed by atoms with Crippen LogP contribution in [0.15, 0.2) is 24.3 Å². The quantitative estimate of drug-likeness (QED) is 0.839. The van der Waals surface area contributed by atoms with E-state index in [1.54, 1.807) is 12.1 Å². The number of aliphatic hydroxyl groups is 1. The van der Waals surface area contributed by atoms with Crippen molar-refractivity contribution in [3.63, 3.8) is 0 Å². The molecule has 1 heterocycles. The van der Waals surface area contributed by atoms with Gasteiger partial charge in [-0.05, 0) is 56.6 Å². The normalized spacial score (nSPS) is 20.2. The Morgan fingerprint density at radius 2 is 2.14 bits per heavy atom. The Labute approximate surface area is 134 Å². The number of rotatable bonds is 7. The third-order valence-electron chi connectivity index (χ3n) is 4.40. The molecule has 1 aliphatic heterocycles. The summed E-state index contributed by atoms with van der Waals surface area (Å²) in [5, 5.41) is 19.2. The van der Waals surface area contributed by atoms with Crippen molar-refractivity contribution >= 4 is 0 Å². The van der Waals surface area contributed by atoms with Crippen LogP contribution in [0.4, 0.5) is 0 Å². The highest BCUT2D eigenvalue weighted by atomic mass is 16.3. The summed E-state index contributed by atoms with van der Waals surface area (Å²) in [6, 6.07) is 9.35. The average molecular weight is 301 g/mol. The topological polar surface area (TPSA) is 50.5 Å². The molecule has 1 fully saturated rings. The largest absolute Gasteiger partial charge is 0.387 e. The van der Waals surface area contributed by atoms with E-state index in [0.717, 1.165) is 31.7 Å². The van der Waals surface area contributed by atoms with E-state index in [4.69, 9.17) is 5.26 Å². The Kier molecular flexibility index (Phi) is 6.38. The van der Waals surface area contributed by atoms with Gasteiger partial charge in [0.15, 0.2) is 0 Å². The minimum Gasteiger partial charge on any atom is -0.387 e. The van der Waals surface area contributed by atoms with Crippen molar-refractivity contribution < 1.29 is 5.11 Å². The van der Waals surface area contributed by atoms with Crippen LogP contribution in [0.3, 0.4) is 0 Å². The fraction of sp³-hybridized carbons (Fsp3) is 0.611. The van der Waals surface area contributed by atoms with Gasteiger partial charge in [0.2, 0.25) is 0 Å². The highest BCUT2D eigenvalue weighted by molar-refractivity contribution is 5.32. The van der Waals surface area contributed by atoms with Crippen molar-refractivity contribution in [3.05, 3.63) is 35.4 Å². The molecule has 4 heteroatoms. The smallest absolute Gasteiger partial charge is 0.0991 e. The molecule has 4 nitrogen and oxygen atoms in total. The molecule has 0 spiro atoms. The molecule has 1 aromatic carbocycles. The maximum Gasteiger partial charge on any atom is 0.0991 e. The first-order valence-electron chi connectivity index (χ1n) is 8.21. The van der Waals surface area contributed by atoms with Crippen molar-refractivity contribution in [2.45, 2.75) is 25.9 Å². The summed E-state index contributed by atoms with van der Waals surface area (Å²) in [4.78, 5) is 4.76. The number of β-amino-alcohol motifs (C(OH)–C–C–N with tert-alkyl or cyclic N) is 1. The second-order valence-corrected chi connectivity index (χ2v) is 6.43. The summed E-state index contributed by atoms with van der Waals surface area (Å²) in [6.07, 6.45) is 1.94. The summed E-state index contributed by atoms with van der Waals surface area (Å²) in [5.41, 5.74) is 1.53. The molecule has 0 amide bonds. The second-order valence-electron chi connectivity index (χ2n) is 6.43. The zero-order valence-electron chi connectivity index (χ0n) is 13.7. The maximum absolute atomic E-state index is 10.4. The minimum atomic E-state index is -0.472. The van der Waals surface area contributed by atoms with Gasteiger partial charge in [-0.25, -0.2) is 0 Å². The van der Waals surface area contributed by atoms with Gasteiger partial charge in [0.05, 0.1) is 17.7 Å². The van der Waals surface area contributed by atoms with Crippen LogP contribution >= 0.6 is 0 Å². The third kappa shape index (κ3) is 4.81. The van der Waals surface area contributed by atoms with Crippen LogP contribution in [0.2, 0.25) is 0 Å². The molecule has 1 aromatic rings. The predicted octanol–water partition coefficient (Wildman–Crippen LogP) is 2.26. The average Bonchev–Trinajstić information content (AvgIpc) is 2.94. The van der Waals surface area contributed by atoms with E-state index >= 15 is 0 Å². The summed E-state index contributed by atoms with van der Waals surface area (Å²) in [6.45, 7) is 7.34. The molecule has 22 heavy (non-hydrogen) atoms. The molecule has 0 bridgehead atoms. The third-order valence-corrected chi connectivity index (χ3v) is 4.40. The fourth-order valence-corrected chi connectivity index (χ4v) is 3.27. The lowest BCUT2D eigenvalue weighted by Gasteiger charge is -2.22. The molecule has 0 aromatic heterocycles. The van der Waals surface area contributed by atoms with Gasteiger partial charge in [0, 0.05) is 19.6 Å². The number of hydrogen-bond donors (Lipinski definition) is 1. The van der Waals surface area contributed by atoms with Crippen LogP contribution in [0.1, 0.15) is 37.0 Å². The van der Waals surface area contributed by atoms with Crippen LogP contribution in [0, 0.1) is 17.2 Å². The molecule has 1 aliphatic rings. The number of nitriles is 1. The number of likely N-dealkylation sites (tertiary alicyclic amines) is 1. The van der Waals surface area contributed by atoms with E-state index in [-0.39, 0.29) is 0 Å². The van der Waals surface area contributed by atoms with Crippen molar-refractivity contribution in [1.29, 1.82) is 5.26 Å². The lowest BCUT2D eigenvalue weighted by atomic mass is 10.1. The zero-order chi connectivity index (χ0) is 15.9. The van der Waals surface area contributed by atoms with Crippen LogP contribution in [0.25, 0.3) is 0 Å². The monoisotopic (exact) mass is 301 g/mol. The number of aliphatic hydroxyl groups excluding tert-OH is 1. The van der Waals surface area contributed by atoms with Crippen LogP contribution in [-0.4, -0.2) is 54.7 Å². The van der Waals surface area contributed by atoms with Crippen molar-refractivity contribution in [1.82, 2.24) is 9.80 Å². The molecule has 0 radical (unpaired) electrons. The van der Waals surface area contributed by atoms with Gasteiger partial charge in [0.25, 0.3) is 0 Å². The number of hydrogen-bond acceptors (Lipinski definition) is 4. The van der Waals surface area contributed by atoms with Gasteiger partial charge in [0.1, 0.15) is 0 Å². The first-order valence-corrected chi connectivity index (χ1v) is 8.21. The van der Waals surface area contributed by atoms with Crippen molar-refractivity contribution in [2.75, 3.05) is 39.8 Å². The molecule has 1 saturated heterocycles. The van der Waals surface area contributed by atoms with Gasteiger partial charge in [-0.2, -0.15) is 5.26 Å². The fourth-order valence-electron chi connectivity index (χ4n) is 3.27. The standard InChI is InChI=1S/C18H27N3O/c1-3-9-20(2)12-16-8-10-21(13-16)14-18(22)17-6-4-15(11-19)5-7-17/h4-7,16,18,22H,3,8-10,12-14H2,1-2H3. The van der Waals surface area contributed by atoms with Crippen LogP contribution in [0.5, 0.6) is 0 Å². The molecular weight excluding hydrogens is 274 g/mol. The Morgan fingerprint density at radius 1 is 1.41 bits per heavy atom. The Hall–Kier alpha value is -1.41. The lowest BCUT2D eigenvalue weighted by Crippen LogP contribution is -2.30.